The van der Waals surface area contributed by atoms with E-state index >= 15 is 0 Å². The van der Waals surface area contributed by atoms with Gasteiger partial charge in [-0.25, -0.2) is 9.97 Å². The minimum absolute atomic E-state index is 0.714. The molecule has 0 aliphatic carbocycles. The molecule has 0 saturated heterocycles. The summed E-state index contributed by atoms with van der Waals surface area (Å²) in [6.45, 7) is 3.65. The number of pyridine rings is 1. The maximum absolute atomic E-state index is 4.86. The molecule has 2 heterocycles. The van der Waals surface area contributed by atoms with E-state index in [9.17, 15) is 0 Å². The highest BCUT2D eigenvalue weighted by molar-refractivity contribution is 5.81. The number of fused-ring (bicyclic) bond motifs is 1. The third kappa shape index (κ3) is 3.31. The van der Waals surface area contributed by atoms with E-state index in [0.29, 0.717) is 6.54 Å². The fourth-order valence-corrected chi connectivity index (χ4v) is 3.30. The first-order valence-corrected chi connectivity index (χ1v) is 8.82. The fourth-order valence-electron chi connectivity index (χ4n) is 3.30. The molecule has 0 radical (unpaired) electrons. The van der Waals surface area contributed by atoms with Crippen LogP contribution in [0.25, 0.3) is 10.9 Å². The number of hydrogen-bond acceptors (Lipinski definition) is 3. The van der Waals surface area contributed by atoms with Gasteiger partial charge in [0.15, 0.2) is 0 Å². The van der Waals surface area contributed by atoms with Gasteiger partial charge in [0, 0.05) is 31.4 Å². The number of imidazole rings is 1. The lowest BCUT2D eigenvalue weighted by Crippen LogP contribution is -2.21. The number of anilines is 1. The van der Waals surface area contributed by atoms with E-state index in [2.05, 4.69) is 70.9 Å². The molecule has 0 bridgehead atoms. The summed E-state index contributed by atoms with van der Waals surface area (Å²) in [5, 5.41) is 1.17. The largest absolute Gasteiger partial charge is 0.352 e. The third-order valence-electron chi connectivity index (χ3n) is 4.63. The first-order chi connectivity index (χ1) is 12.7. The number of hydrogen-bond donors (Lipinski definition) is 0. The maximum atomic E-state index is 4.86. The van der Waals surface area contributed by atoms with Gasteiger partial charge in [0.2, 0.25) is 0 Å². The molecule has 0 unspecified atom stereocenters. The van der Waals surface area contributed by atoms with Gasteiger partial charge in [-0.05, 0) is 30.2 Å². The third-order valence-corrected chi connectivity index (χ3v) is 4.63. The SMILES string of the molecule is Cc1cc2ccccc2nc1N(C)Cc1nccn1Cc1ccccc1. The normalized spacial score (nSPS) is 11.0. The van der Waals surface area contributed by atoms with Gasteiger partial charge >= 0.3 is 0 Å². The second-order valence-electron chi connectivity index (χ2n) is 6.63. The lowest BCUT2D eigenvalue weighted by molar-refractivity contribution is 0.704. The van der Waals surface area contributed by atoms with Crippen molar-refractivity contribution in [2.45, 2.75) is 20.0 Å². The van der Waals surface area contributed by atoms with Crippen LogP contribution in [0.15, 0.2) is 73.1 Å². The highest BCUT2D eigenvalue weighted by Crippen LogP contribution is 2.23. The predicted molar refractivity (Wildman–Crippen MR) is 106 cm³/mol. The molecule has 4 aromatic rings. The molecule has 130 valence electrons. The van der Waals surface area contributed by atoms with Crippen molar-refractivity contribution < 1.29 is 0 Å². The summed E-state index contributed by atoms with van der Waals surface area (Å²) in [6, 6.07) is 20.9. The van der Waals surface area contributed by atoms with Gasteiger partial charge in [-0.3, -0.25) is 0 Å². The highest BCUT2D eigenvalue weighted by atomic mass is 15.2. The van der Waals surface area contributed by atoms with Crippen LogP contribution in [0.3, 0.4) is 0 Å². The van der Waals surface area contributed by atoms with Gasteiger partial charge in [0.05, 0.1) is 12.1 Å². The average Bonchev–Trinajstić information content (AvgIpc) is 3.08. The van der Waals surface area contributed by atoms with Gasteiger partial charge in [-0.1, -0.05) is 48.5 Å². The van der Waals surface area contributed by atoms with Crippen LogP contribution in [0.5, 0.6) is 0 Å². The lowest BCUT2D eigenvalue weighted by atomic mass is 10.1. The van der Waals surface area contributed by atoms with E-state index in [0.717, 1.165) is 23.7 Å². The number of nitrogens with zero attached hydrogens (tertiary/aromatic N) is 4. The van der Waals surface area contributed by atoms with Gasteiger partial charge in [-0.15, -0.1) is 0 Å². The van der Waals surface area contributed by atoms with Gasteiger partial charge < -0.3 is 9.47 Å². The fraction of sp³-hybridized carbons (Fsp3) is 0.182. The topological polar surface area (TPSA) is 34.0 Å². The molecule has 0 atom stereocenters. The summed E-state index contributed by atoms with van der Waals surface area (Å²) >= 11 is 0. The van der Waals surface area contributed by atoms with E-state index in [1.54, 1.807) is 0 Å². The van der Waals surface area contributed by atoms with E-state index in [1.807, 2.05) is 30.6 Å². The second-order valence-corrected chi connectivity index (χ2v) is 6.63. The summed E-state index contributed by atoms with van der Waals surface area (Å²) < 4.78 is 2.20. The van der Waals surface area contributed by atoms with Crippen LogP contribution >= 0.6 is 0 Å². The van der Waals surface area contributed by atoms with Crippen molar-refractivity contribution >= 4 is 16.7 Å². The van der Waals surface area contributed by atoms with Crippen molar-refractivity contribution in [3.05, 3.63) is 90.0 Å². The maximum Gasteiger partial charge on any atom is 0.132 e. The van der Waals surface area contributed by atoms with Crippen molar-refractivity contribution in [2.24, 2.45) is 0 Å². The van der Waals surface area contributed by atoms with Crippen molar-refractivity contribution in [2.75, 3.05) is 11.9 Å². The van der Waals surface area contributed by atoms with Crippen LogP contribution < -0.4 is 4.90 Å². The van der Waals surface area contributed by atoms with Crippen LogP contribution in [0.1, 0.15) is 17.0 Å². The van der Waals surface area contributed by atoms with Crippen LogP contribution in [0.4, 0.5) is 5.82 Å². The van der Waals surface area contributed by atoms with Crippen LogP contribution in [-0.2, 0) is 13.1 Å². The smallest absolute Gasteiger partial charge is 0.132 e. The summed E-state index contributed by atoms with van der Waals surface area (Å²) in [4.78, 5) is 11.6. The molecule has 0 amide bonds. The molecule has 0 aliphatic heterocycles. The Bertz CT molecular complexity index is 1020. The molecular formula is C22H22N4. The summed E-state index contributed by atoms with van der Waals surface area (Å²) in [5.41, 5.74) is 3.47. The molecule has 2 aromatic heterocycles. The van der Waals surface area contributed by atoms with Gasteiger partial charge in [0.1, 0.15) is 11.6 Å². The van der Waals surface area contributed by atoms with Crippen molar-refractivity contribution in [3.63, 3.8) is 0 Å². The first kappa shape index (κ1) is 16.3. The Morgan fingerprint density at radius 2 is 1.77 bits per heavy atom. The van der Waals surface area contributed by atoms with Gasteiger partial charge in [0.25, 0.3) is 0 Å². The van der Waals surface area contributed by atoms with E-state index in [4.69, 9.17) is 4.98 Å². The van der Waals surface area contributed by atoms with Gasteiger partial charge in [-0.2, -0.15) is 0 Å². The number of aromatic nitrogens is 3. The van der Waals surface area contributed by atoms with Crippen molar-refractivity contribution in [1.29, 1.82) is 0 Å². The molecule has 2 aromatic carbocycles. The Morgan fingerprint density at radius 3 is 2.62 bits per heavy atom. The minimum Gasteiger partial charge on any atom is -0.352 e. The van der Waals surface area contributed by atoms with Crippen LogP contribution in [0.2, 0.25) is 0 Å². The molecule has 4 rings (SSSR count). The Labute approximate surface area is 153 Å². The molecule has 0 aliphatic rings. The number of rotatable bonds is 5. The number of benzene rings is 2. The van der Waals surface area contributed by atoms with Crippen molar-refractivity contribution in [1.82, 2.24) is 14.5 Å². The zero-order chi connectivity index (χ0) is 17.9. The Balaban J connectivity index is 1.58. The van der Waals surface area contributed by atoms with Crippen LogP contribution in [-0.4, -0.2) is 21.6 Å². The molecule has 26 heavy (non-hydrogen) atoms. The first-order valence-electron chi connectivity index (χ1n) is 8.82. The molecule has 4 nitrogen and oxygen atoms in total. The lowest BCUT2D eigenvalue weighted by Gasteiger charge is -2.21. The Kier molecular flexibility index (Phi) is 4.40. The Morgan fingerprint density at radius 1 is 1.00 bits per heavy atom. The second kappa shape index (κ2) is 7.00. The molecule has 0 N–H and O–H groups in total. The molecule has 0 spiro atoms. The molecule has 0 fully saturated rings. The van der Waals surface area contributed by atoms with Crippen LogP contribution in [0, 0.1) is 6.92 Å². The minimum atomic E-state index is 0.714. The molecule has 0 saturated carbocycles. The van der Waals surface area contributed by atoms with Crippen molar-refractivity contribution in [3.8, 4) is 0 Å². The quantitative estimate of drug-likeness (QED) is 0.538. The zero-order valence-corrected chi connectivity index (χ0v) is 15.1. The number of aryl methyl sites for hydroxylation is 1. The summed E-state index contributed by atoms with van der Waals surface area (Å²) in [5.74, 6) is 2.03. The number of para-hydroxylation sites is 1. The standard InChI is InChI=1S/C22H22N4/c1-17-14-19-10-6-7-11-20(19)24-22(17)25(2)16-21-23-12-13-26(21)15-18-8-4-3-5-9-18/h3-14H,15-16H2,1-2H3. The molecular weight excluding hydrogens is 320 g/mol. The zero-order valence-electron chi connectivity index (χ0n) is 15.1. The molecule has 4 heteroatoms. The predicted octanol–water partition coefficient (Wildman–Crippen LogP) is 4.42. The summed E-state index contributed by atoms with van der Waals surface area (Å²) in [6.07, 6.45) is 3.91. The van der Waals surface area contributed by atoms with E-state index in [-0.39, 0.29) is 0 Å². The monoisotopic (exact) mass is 342 g/mol. The average molecular weight is 342 g/mol. The summed E-state index contributed by atoms with van der Waals surface area (Å²) in [7, 11) is 2.08. The van der Waals surface area contributed by atoms with E-state index in [1.165, 1.54) is 16.5 Å². The highest BCUT2D eigenvalue weighted by Gasteiger charge is 2.12. The Hall–Kier alpha value is -3.14. The van der Waals surface area contributed by atoms with E-state index < -0.39 is 0 Å².